The van der Waals surface area contributed by atoms with E-state index in [1.165, 1.54) is 25.0 Å². The van der Waals surface area contributed by atoms with E-state index in [9.17, 15) is 4.79 Å². The van der Waals surface area contributed by atoms with Crippen LogP contribution in [-0.2, 0) is 0 Å². The summed E-state index contributed by atoms with van der Waals surface area (Å²) in [5, 5.41) is 3.13. The average molecular weight is 214 g/mol. The van der Waals surface area contributed by atoms with Crippen molar-refractivity contribution in [3.8, 4) is 0 Å². The number of hydrogen-bond donors (Lipinski definition) is 1. The fraction of sp³-hybridized carbons (Fsp3) is 0.900. The Kier molecular flexibility index (Phi) is 3.56. The van der Waals surface area contributed by atoms with E-state index in [0.717, 1.165) is 25.3 Å². The monoisotopic (exact) mass is 214 g/mol. The molecule has 1 unspecified atom stereocenters. The Bertz CT molecular complexity index is 198. The summed E-state index contributed by atoms with van der Waals surface area (Å²) in [5.74, 6) is 2.36. The van der Waals surface area contributed by atoms with Gasteiger partial charge < -0.3 is 10.2 Å². The van der Waals surface area contributed by atoms with Crippen molar-refractivity contribution in [3.63, 3.8) is 0 Å². The second-order valence-electron chi connectivity index (χ2n) is 4.06. The number of urea groups is 1. The van der Waals surface area contributed by atoms with Crippen LogP contribution in [0.1, 0.15) is 25.7 Å². The molecule has 80 valence electrons. The van der Waals surface area contributed by atoms with Gasteiger partial charge in [0, 0.05) is 24.9 Å². The third kappa shape index (κ3) is 2.56. The molecule has 2 amide bonds. The van der Waals surface area contributed by atoms with Crippen LogP contribution in [0.2, 0.25) is 0 Å². The summed E-state index contributed by atoms with van der Waals surface area (Å²) in [7, 11) is 0. The third-order valence-corrected chi connectivity index (χ3v) is 4.10. The molecule has 0 spiro atoms. The predicted molar refractivity (Wildman–Crippen MR) is 59.7 cm³/mol. The van der Waals surface area contributed by atoms with Crippen LogP contribution in [0, 0.1) is 0 Å². The van der Waals surface area contributed by atoms with Crippen LogP contribution in [0.4, 0.5) is 4.79 Å². The van der Waals surface area contributed by atoms with E-state index in [2.05, 4.69) is 5.32 Å². The summed E-state index contributed by atoms with van der Waals surface area (Å²) < 4.78 is 0. The summed E-state index contributed by atoms with van der Waals surface area (Å²) in [6.07, 6.45) is 4.75. The van der Waals surface area contributed by atoms with E-state index in [1.807, 2.05) is 16.7 Å². The topological polar surface area (TPSA) is 32.3 Å². The van der Waals surface area contributed by atoms with Crippen LogP contribution in [0.25, 0.3) is 0 Å². The van der Waals surface area contributed by atoms with Crippen molar-refractivity contribution in [2.75, 3.05) is 24.6 Å². The van der Waals surface area contributed by atoms with Gasteiger partial charge in [0.2, 0.25) is 0 Å². The molecule has 1 N–H and O–H groups in total. The molecule has 0 bridgehead atoms. The molecule has 0 aromatic heterocycles. The summed E-state index contributed by atoms with van der Waals surface area (Å²) in [6, 6.07) is 0.580. The molecule has 1 atom stereocenters. The number of thioether (sulfide) groups is 1. The number of carbonyl (C=O) groups excluding carboxylic acids is 1. The number of nitrogens with one attached hydrogen (secondary N) is 1. The van der Waals surface area contributed by atoms with Crippen LogP contribution in [0.3, 0.4) is 0 Å². The van der Waals surface area contributed by atoms with Gasteiger partial charge in [-0.05, 0) is 31.4 Å². The number of amides is 2. The molecule has 0 aromatic carbocycles. The van der Waals surface area contributed by atoms with E-state index >= 15 is 0 Å². The van der Waals surface area contributed by atoms with E-state index in [-0.39, 0.29) is 6.03 Å². The Morgan fingerprint density at radius 3 is 2.71 bits per heavy atom. The average Bonchev–Trinajstić information content (AvgIpc) is 2.72. The Hall–Kier alpha value is -0.380. The van der Waals surface area contributed by atoms with Crippen molar-refractivity contribution < 1.29 is 4.79 Å². The molecule has 0 aromatic rings. The van der Waals surface area contributed by atoms with Gasteiger partial charge in [-0.15, -0.1) is 0 Å². The smallest absolute Gasteiger partial charge is 0.317 e. The summed E-state index contributed by atoms with van der Waals surface area (Å²) in [6.45, 7) is 1.90. The first-order valence-corrected chi connectivity index (χ1v) is 6.65. The molecule has 2 aliphatic heterocycles. The minimum absolute atomic E-state index is 0.162. The first-order valence-electron chi connectivity index (χ1n) is 5.49. The summed E-state index contributed by atoms with van der Waals surface area (Å²) in [4.78, 5) is 13.7. The molecule has 2 fully saturated rings. The highest BCUT2D eigenvalue weighted by Gasteiger charge is 2.21. The normalized spacial score (nSPS) is 27.7. The van der Waals surface area contributed by atoms with Gasteiger partial charge in [0.1, 0.15) is 0 Å². The number of hydrogen-bond acceptors (Lipinski definition) is 2. The molecule has 14 heavy (non-hydrogen) atoms. The Morgan fingerprint density at radius 1 is 1.29 bits per heavy atom. The van der Waals surface area contributed by atoms with Gasteiger partial charge in [-0.1, -0.05) is 0 Å². The lowest BCUT2D eigenvalue weighted by molar-refractivity contribution is 0.205. The molecule has 0 radical (unpaired) electrons. The van der Waals surface area contributed by atoms with E-state index in [0.29, 0.717) is 6.04 Å². The second kappa shape index (κ2) is 4.91. The molecule has 2 saturated heterocycles. The fourth-order valence-corrected chi connectivity index (χ4v) is 3.11. The zero-order valence-electron chi connectivity index (χ0n) is 8.50. The SMILES string of the molecule is O=C(NC1CCCSC1)N1CCCC1. The van der Waals surface area contributed by atoms with Crippen LogP contribution in [0.5, 0.6) is 0 Å². The quantitative estimate of drug-likeness (QED) is 0.720. The lowest BCUT2D eigenvalue weighted by atomic mass is 10.2. The van der Waals surface area contributed by atoms with Crippen molar-refractivity contribution in [1.82, 2.24) is 10.2 Å². The minimum Gasteiger partial charge on any atom is -0.334 e. The highest BCUT2D eigenvalue weighted by molar-refractivity contribution is 7.99. The molecule has 0 aliphatic carbocycles. The van der Waals surface area contributed by atoms with Gasteiger partial charge in [-0.3, -0.25) is 0 Å². The molecule has 2 rings (SSSR count). The standard InChI is InChI=1S/C10H18N2OS/c13-10(12-5-1-2-6-12)11-9-4-3-7-14-8-9/h9H,1-8H2,(H,11,13). The van der Waals surface area contributed by atoms with E-state index in [1.54, 1.807) is 0 Å². The molecular formula is C10H18N2OS. The van der Waals surface area contributed by atoms with Crippen molar-refractivity contribution in [2.45, 2.75) is 31.7 Å². The maximum atomic E-state index is 11.7. The first-order chi connectivity index (χ1) is 6.86. The fourth-order valence-electron chi connectivity index (χ4n) is 2.04. The van der Waals surface area contributed by atoms with Crippen LogP contribution in [-0.4, -0.2) is 41.6 Å². The molecule has 3 nitrogen and oxygen atoms in total. The molecule has 4 heteroatoms. The maximum absolute atomic E-state index is 11.7. The van der Waals surface area contributed by atoms with Gasteiger partial charge >= 0.3 is 6.03 Å². The summed E-state index contributed by atoms with van der Waals surface area (Å²) >= 11 is 1.95. The predicted octanol–water partition coefficient (Wildman–Crippen LogP) is 1.69. The number of carbonyl (C=O) groups is 1. The van der Waals surface area contributed by atoms with E-state index < -0.39 is 0 Å². The zero-order valence-corrected chi connectivity index (χ0v) is 9.31. The van der Waals surface area contributed by atoms with Gasteiger partial charge in [0.15, 0.2) is 0 Å². The Balaban J connectivity index is 1.75. The first kappa shape index (κ1) is 10.1. The number of nitrogens with zero attached hydrogens (tertiary/aromatic N) is 1. The highest BCUT2D eigenvalue weighted by atomic mass is 32.2. The molecule has 2 aliphatic rings. The lowest BCUT2D eigenvalue weighted by Crippen LogP contribution is -2.45. The Morgan fingerprint density at radius 2 is 2.07 bits per heavy atom. The van der Waals surface area contributed by atoms with Crippen LogP contribution in [0.15, 0.2) is 0 Å². The van der Waals surface area contributed by atoms with Crippen LogP contribution >= 0.6 is 11.8 Å². The van der Waals surface area contributed by atoms with Crippen molar-refractivity contribution in [2.24, 2.45) is 0 Å². The largest absolute Gasteiger partial charge is 0.334 e. The third-order valence-electron chi connectivity index (χ3n) is 2.88. The van der Waals surface area contributed by atoms with Gasteiger partial charge in [-0.2, -0.15) is 11.8 Å². The molecule has 0 saturated carbocycles. The van der Waals surface area contributed by atoms with Gasteiger partial charge in [0.25, 0.3) is 0 Å². The summed E-state index contributed by atoms with van der Waals surface area (Å²) in [5.41, 5.74) is 0. The van der Waals surface area contributed by atoms with Crippen LogP contribution < -0.4 is 5.32 Å². The van der Waals surface area contributed by atoms with Crippen molar-refractivity contribution >= 4 is 17.8 Å². The van der Waals surface area contributed by atoms with Crippen molar-refractivity contribution in [3.05, 3.63) is 0 Å². The van der Waals surface area contributed by atoms with Crippen molar-refractivity contribution in [1.29, 1.82) is 0 Å². The van der Waals surface area contributed by atoms with E-state index in [4.69, 9.17) is 0 Å². The van der Waals surface area contributed by atoms with Gasteiger partial charge in [-0.25, -0.2) is 4.79 Å². The number of rotatable bonds is 1. The molecular weight excluding hydrogens is 196 g/mol. The van der Waals surface area contributed by atoms with Gasteiger partial charge in [0.05, 0.1) is 0 Å². The second-order valence-corrected chi connectivity index (χ2v) is 5.21. The Labute approximate surface area is 89.6 Å². The number of likely N-dealkylation sites (tertiary alicyclic amines) is 1. The zero-order chi connectivity index (χ0) is 9.80. The highest BCUT2D eigenvalue weighted by Crippen LogP contribution is 2.17. The lowest BCUT2D eigenvalue weighted by Gasteiger charge is -2.25. The molecule has 2 heterocycles. The maximum Gasteiger partial charge on any atom is 0.317 e. The minimum atomic E-state index is 0.162.